The molecule has 0 radical (unpaired) electrons. The summed E-state index contributed by atoms with van der Waals surface area (Å²) in [4.78, 5) is 23.7. The number of nitrogens with zero attached hydrogens (tertiary/aromatic N) is 1. The monoisotopic (exact) mass is 365 g/mol. The minimum absolute atomic E-state index is 0.126. The summed E-state index contributed by atoms with van der Waals surface area (Å²) < 4.78 is 6.58. The summed E-state index contributed by atoms with van der Waals surface area (Å²) >= 11 is 0. The zero-order valence-electron chi connectivity index (χ0n) is 14.6. The van der Waals surface area contributed by atoms with E-state index in [0.29, 0.717) is 28.4 Å². The predicted octanol–water partition coefficient (Wildman–Crippen LogP) is 0.575. The smallest absolute Gasteiger partial charge is 0.335 e. The lowest BCUT2D eigenvalue weighted by molar-refractivity contribution is -0.270. The van der Waals surface area contributed by atoms with Gasteiger partial charge in [-0.15, -0.1) is 0 Å². The molecule has 0 fully saturated rings. The number of aromatic amines is 1. The summed E-state index contributed by atoms with van der Waals surface area (Å²) in [7, 11) is 0. The molecule has 0 saturated heterocycles. The van der Waals surface area contributed by atoms with Crippen LogP contribution in [0.5, 0.6) is 11.5 Å². The first-order valence-electron chi connectivity index (χ1n) is 8.20. The number of carbonyl (C=O) groups is 1. The predicted molar refractivity (Wildman–Crippen MR) is 98.7 cm³/mol. The Balaban J connectivity index is 2.07. The van der Waals surface area contributed by atoms with Crippen LogP contribution in [0.25, 0.3) is 18.3 Å². The molecule has 0 aliphatic heterocycles. The fraction of sp³-hybridized carbons (Fsp3) is 0.100. The van der Waals surface area contributed by atoms with Crippen LogP contribution in [0.2, 0.25) is 0 Å². The van der Waals surface area contributed by atoms with Crippen LogP contribution in [-0.2, 0) is 0 Å². The van der Waals surface area contributed by atoms with Crippen molar-refractivity contribution in [2.45, 2.75) is 6.92 Å². The van der Waals surface area contributed by atoms with Gasteiger partial charge in [-0.05, 0) is 48.9 Å². The second kappa shape index (κ2) is 7.25. The first-order valence-corrected chi connectivity index (χ1v) is 8.20. The Kier molecular flexibility index (Phi) is 4.85. The number of benzene rings is 2. The molecule has 3 rings (SSSR count). The Hall–Kier alpha value is -3.74. The molecule has 0 aliphatic rings. The van der Waals surface area contributed by atoms with Crippen LogP contribution >= 0.6 is 0 Å². The van der Waals surface area contributed by atoms with Gasteiger partial charge >= 0.3 is 5.97 Å². The van der Waals surface area contributed by atoms with Gasteiger partial charge in [0, 0.05) is 0 Å². The average Bonchev–Trinajstić information content (AvgIpc) is 2.93. The van der Waals surface area contributed by atoms with Crippen molar-refractivity contribution in [3.8, 4) is 17.2 Å². The fourth-order valence-electron chi connectivity index (χ4n) is 2.63. The van der Waals surface area contributed by atoms with Crippen molar-refractivity contribution >= 4 is 18.6 Å². The van der Waals surface area contributed by atoms with Gasteiger partial charge in [0.25, 0.3) is 5.56 Å². The minimum atomic E-state index is -1.04. The third-order valence-electron chi connectivity index (χ3n) is 3.96. The van der Waals surface area contributed by atoms with E-state index in [9.17, 15) is 14.7 Å². The van der Waals surface area contributed by atoms with Gasteiger partial charge in [0.2, 0.25) is 0 Å². The SMILES string of the molecule is C=c1[nH]n(-c2ccc(C(=O)O)cc2)c(=O)/c1=C/c1ccc([O-])c(OCC)c1. The summed E-state index contributed by atoms with van der Waals surface area (Å²) in [6.45, 7) is 6.00. The van der Waals surface area contributed by atoms with Crippen molar-refractivity contribution in [3.05, 3.63) is 74.5 Å². The standard InChI is InChI=1S/C20H18N2O5/c1-3-27-18-11-13(4-9-17(18)23)10-16-12(2)21-22(19(16)24)15-7-5-14(6-8-15)20(25)26/h4-11,21,23H,2-3H2,1H3,(H,25,26)/p-1/b16-10+. The molecule has 0 aliphatic carbocycles. The van der Waals surface area contributed by atoms with Crippen molar-refractivity contribution < 1.29 is 19.7 Å². The first kappa shape index (κ1) is 18.1. The van der Waals surface area contributed by atoms with Gasteiger partial charge in [0.05, 0.1) is 28.4 Å². The van der Waals surface area contributed by atoms with Crippen LogP contribution in [0.3, 0.4) is 0 Å². The summed E-state index contributed by atoms with van der Waals surface area (Å²) in [5, 5.41) is 24.3. The largest absolute Gasteiger partial charge is 0.870 e. The molecule has 2 aromatic carbocycles. The number of carboxylic acids is 1. The third kappa shape index (κ3) is 3.62. The zero-order chi connectivity index (χ0) is 19.6. The van der Waals surface area contributed by atoms with E-state index in [1.165, 1.54) is 35.0 Å². The molecular weight excluding hydrogens is 348 g/mol. The molecule has 0 spiro atoms. The van der Waals surface area contributed by atoms with Crippen LogP contribution in [0.15, 0.2) is 47.3 Å². The van der Waals surface area contributed by atoms with Crippen LogP contribution in [-0.4, -0.2) is 27.5 Å². The van der Waals surface area contributed by atoms with E-state index >= 15 is 0 Å². The maximum atomic E-state index is 12.7. The van der Waals surface area contributed by atoms with E-state index in [0.717, 1.165) is 0 Å². The highest BCUT2D eigenvalue weighted by Gasteiger charge is 2.07. The van der Waals surface area contributed by atoms with Gasteiger partial charge in [-0.25, -0.2) is 9.48 Å². The summed E-state index contributed by atoms with van der Waals surface area (Å²) in [5.74, 6) is -1.05. The average molecular weight is 365 g/mol. The normalized spacial score (nSPS) is 11.5. The molecule has 138 valence electrons. The number of hydrogen-bond donors (Lipinski definition) is 2. The second-order valence-electron chi connectivity index (χ2n) is 5.78. The maximum absolute atomic E-state index is 12.7. The van der Waals surface area contributed by atoms with E-state index in [1.54, 1.807) is 25.1 Å². The molecule has 0 amide bonds. The highest BCUT2D eigenvalue weighted by molar-refractivity contribution is 5.87. The van der Waals surface area contributed by atoms with E-state index in [1.807, 2.05) is 0 Å². The fourth-order valence-corrected chi connectivity index (χ4v) is 2.63. The molecule has 1 aromatic heterocycles. The van der Waals surface area contributed by atoms with Gasteiger partial charge in [-0.2, -0.15) is 0 Å². The Bertz CT molecular complexity index is 1160. The van der Waals surface area contributed by atoms with E-state index in [4.69, 9.17) is 9.84 Å². The summed E-state index contributed by atoms with van der Waals surface area (Å²) in [6.07, 6.45) is 1.62. The molecule has 7 nitrogen and oxygen atoms in total. The molecule has 27 heavy (non-hydrogen) atoms. The van der Waals surface area contributed by atoms with Crippen LogP contribution in [0.1, 0.15) is 22.8 Å². The number of ether oxygens (including phenoxy) is 1. The molecule has 3 aromatic rings. The zero-order valence-corrected chi connectivity index (χ0v) is 14.6. The molecule has 7 heteroatoms. The number of nitrogens with one attached hydrogen (secondary N) is 1. The minimum Gasteiger partial charge on any atom is -0.870 e. The Morgan fingerprint density at radius 3 is 2.63 bits per heavy atom. The second-order valence-corrected chi connectivity index (χ2v) is 5.78. The Morgan fingerprint density at radius 2 is 2.00 bits per heavy atom. The lowest BCUT2D eigenvalue weighted by atomic mass is 10.1. The maximum Gasteiger partial charge on any atom is 0.335 e. The van der Waals surface area contributed by atoms with Crippen LogP contribution in [0, 0.1) is 0 Å². The van der Waals surface area contributed by atoms with Gasteiger partial charge in [-0.1, -0.05) is 24.5 Å². The number of hydrogen-bond acceptors (Lipinski definition) is 4. The van der Waals surface area contributed by atoms with Gasteiger partial charge in [-0.3, -0.25) is 9.89 Å². The number of H-pyrrole nitrogens is 1. The van der Waals surface area contributed by atoms with Crippen molar-refractivity contribution in [2.75, 3.05) is 6.61 Å². The molecular formula is C20H17N2O5-. The van der Waals surface area contributed by atoms with Crippen molar-refractivity contribution in [3.63, 3.8) is 0 Å². The lowest BCUT2D eigenvalue weighted by Crippen LogP contribution is -2.33. The topological polar surface area (TPSA) is 107 Å². The number of carboxylic acid groups (broad SMARTS) is 1. The van der Waals surface area contributed by atoms with Gasteiger partial charge in [0.15, 0.2) is 0 Å². The number of rotatable bonds is 5. The molecule has 1 heterocycles. The van der Waals surface area contributed by atoms with E-state index in [-0.39, 0.29) is 22.6 Å². The quantitative estimate of drug-likeness (QED) is 0.688. The van der Waals surface area contributed by atoms with Crippen LogP contribution < -0.4 is 26.0 Å². The Morgan fingerprint density at radius 1 is 1.30 bits per heavy atom. The molecule has 0 atom stereocenters. The third-order valence-corrected chi connectivity index (χ3v) is 3.96. The number of aromatic nitrogens is 2. The lowest BCUT2D eigenvalue weighted by Gasteiger charge is -2.13. The van der Waals surface area contributed by atoms with E-state index < -0.39 is 5.97 Å². The molecule has 0 saturated carbocycles. The van der Waals surface area contributed by atoms with Crippen molar-refractivity contribution in [1.82, 2.24) is 9.78 Å². The molecule has 0 bridgehead atoms. The van der Waals surface area contributed by atoms with Gasteiger partial charge < -0.3 is 14.9 Å². The molecule has 2 N–H and O–H groups in total. The van der Waals surface area contributed by atoms with Crippen LogP contribution in [0.4, 0.5) is 0 Å². The first-order chi connectivity index (χ1) is 12.9. The van der Waals surface area contributed by atoms with E-state index in [2.05, 4.69) is 11.7 Å². The van der Waals surface area contributed by atoms with Crippen molar-refractivity contribution in [2.24, 2.45) is 0 Å². The summed E-state index contributed by atoms with van der Waals surface area (Å²) in [6, 6.07) is 10.5. The van der Waals surface area contributed by atoms with Gasteiger partial charge in [0.1, 0.15) is 5.75 Å². The number of aromatic carboxylic acids is 1. The molecule has 0 unspecified atom stereocenters. The summed E-state index contributed by atoms with van der Waals surface area (Å²) in [5.41, 5.74) is 0.903. The Labute approximate surface area is 154 Å². The van der Waals surface area contributed by atoms with Crippen molar-refractivity contribution in [1.29, 1.82) is 0 Å². The highest BCUT2D eigenvalue weighted by atomic mass is 16.5. The highest BCUT2D eigenvalue weighted by Crippen LogP contribution is 2.24.